The zero-order valence-corrected chi connectivity index (χ0v) is 14.8. The highest BCUT2D eigenvalue weighted by molar-refractivity contribution is 9.09. The number of hydrogen-bond donors (Lipinski definition) is 0. The number of thiophene rings is 1. The van der Waals surface area contributed by atoms with E-state index in [9.17, 15) is 0 Å². The third kappa shape index (κ3) is 2.44. The van der Waals surface area contributed by atoms with Gasteiger partial charge >= 0.3 is 0 Å². The number of fused-ring (bicyclic) bond motifs is 2. The van der Waals surface area contributed by atoms with Crippen LogP contribution in [0.15, 0.2) is 24.3 Å². The van der Waals surface area contributed by atoms with Gasteiger partial charge in [-0.05, 0) is 61.9 Å². The van der Waals surface area contributed by atoms with E-state index in [4.69, 9.17) is 4.74 Å². The van der Waals surface area contributed by atoms with E-state index in [2.05, 4.69) is 54.0 Å². The Hall–Kier alpha value is -0.800. The summed E-state index contributed by atoms with van der Waals surface area (Å²) in [6.45, 7) is 4.31. The average molecular weight is 363 g/mol. The van der Waals surface area contributed by atoms with E-state index in [1.54, 1.807) is 10.4 Å². The molecule has 0 N–H and O–H groups in total. The van der Waals surface area contributed by atoms with Crippen molar-refractivity contribution in [2.45, 2.75) is 50.0 Å². The van der Waals surface area contributed by atoms with Crippen molar-refractivity contribution in [1.82, 2.24) is 0 Å². The molecule has 0 bridgehead atoms. The second-order valence-corrected chi connectivity index (χ2v) is 8.80. The molecule has 0 saturated heterocycles. The molecule has 3 heteroatoms. The summed E-state index contributed by atoms with van der Waals surface area (Å²) < 4.78 is 5.97. The van der Waals surface area contributed by atoms with E-state index in [0.717, 1.165) is 12.2 Å². The Kier molecular flexibility index (Phi) is 3.20. The lowest BCUT2D eigenvalue weighted by Gasteiger charge is -2.16. The third-order valence-electron chi connectivity index (χ3n) is 4.40. The molecule has 2 heterocycles. The first-order chi connectivity index (χ1) is 10.0. The van der Waals surface area contributed by atoms with Crippen LogP contribution in [0.3, 0.4) is 0 Å². The Bertz CT molecular complexity index is 680. The number of hydrogen-bond acceptors (Lipinski definition) is 2. The molecule has 1 aromatic carbocycles. The number of ether oxygens (including phenoxy) is 1. The van der Waals surface area contributed by atoms with Gasteiger partial charge < -0.3 is 4.74 Å². The summed E-state index contributed by atoms with van der Waals surface area (Å²) in [6, 6.07) is 9.05. The van der Waals surface area contributed by atoms with Crippen molar-refractivity contribution in [2.24, 2.45) is 0 Å². The van der Waals surface area contributed by atoms with Gasteiger partial charge in [-0.15, -0.1) is 11.3 Å². The number of aryl methyl sites for hydroxylation is 2. The van der Waals surface area contributed by atoms with Crippen molar-refractivity contribution in [3.8, 4) is 5.75 Å². The molecule has 0 saturated carbocycles. The van der Waals surface area contributed by atoms with Crippen molar-refractivity contribution >= 4 is 27.3 Å². The van der Waals surface area contributed by atoms with E-state index in [0.29, 0.717) is 4.83 Å². The summed E-state index contributed by atoms with van der Waals surface area (Å²) in [5.41, 5.74) is 4.19. The Morgan fingerprint density at radius 2 is 2.05 bits per heavy atom. The van der Waals surface area contributed by atoms with Crippen molar-refractivity contribution in [3.05, 3.63) is 50.7 Å². The van der Waals surface area contributed by atoms with E-state index in [1.165, 1.54) is 35.3 Å². The third-order valence-corrected chi connectivity index (χ3v) is 7.02. The smallest absolute Gasteiger partial charge is 0.123 e. The standard InChI is InChI=1S/C18H19BrOS/c1-18(2)10-13-8-12(6-7-14(13)20-18)17(19)16-9-11-4-3-5-15(11)21-16/h6-9,17H,3-5,10H2,1-2H3. The highest BCUT2D eigenvalue weighted by atomic mass is 79.9. The summed E-state index contributed by atoms with van der Waals surface area (Å²) >= 11 is 5.88. The maximum atomic E-state index is 5.97. The molecule has 1 atom stereocenters. The summed E-state index contributed by atoms with van der Waals surface area (Å²) in [4.78, 5) is 3.35. The Morgan fingerprint density at radius 1 is 1.19 bits per heavy atom. The molecule has 0 spiro atoms. The molecular formula is C18H19BrOS. The topological polar surface area (TPSA) is 9.23 Å². The number of rotatable bonds is 2. The summed E-state index contributed by atoms with van der Waals surface area (Å²) in [7, 11) is 0. The molecule has 4 rings (SSSR count). The van der Waals surface area contributed by atoms with Crippen LogP contribution in [0.1, 0.15) is 51.5 Å². The van der Waals surface area contributed by atoms with Gasteiger partial charge in [0.05, 0.1) is 4.83 Å². The van der Waals surface area contributed by atoms with Crippen molar-refractivity contribution in [3.63, 3.8) is 0 Å². The number of alkyl halides is 1. The Balaban J connectivity index is 1.64. The molecule has 0 radical (unpaired) electrons. The minimum atomic E-state index is -0.0626. The van der Waals surface area contributed by atoms with Crippen LogP contribution in [0, 0.1) is 0 Å². The summed E-state index contributed by atoms with van der Waals surface area (Å²) in [5.74, 6) is 1.05. The number of halogens is 1. The van der Waals surface area contributed by atoms with Gasteiger partial charge in [0.25, 0.3) is 0 Å². The van der Waals surface area contributed by atoms with Gasteiger partial charge in [-0.1, -0.05) is 28.1 Å². The molecule has 0 fully saturated rings. The minimum absolute atomic E-state index is 0.0626. The van der Waals surface area contributed by atoms with E-state index in [1.807, 2.05) is 11.3 Å². The van der Waals surface area contributed by atoms with Crippen molar-refractivity contribution in [1.29, 1.82) is 0 Å². The first-order valence-corrected chi connectivity index (χ1v) is 9.32. The molecule has 1 aliphatic heterocycles. The predicted octanol–water partition coefficient (Wildman–Crippen LogP) is 5.43. The SMILES string of the molecule is CC1(C)Cc2cc(C(Br)c3cc4c(s3)CCC4)ccc2O1. The molecular weight excluding hydrogens is 344 g/mol. The van der Waals surface area contributed by atoms with Crippen LogP contribution in [0.5, 0.6) is 5.75 Å². The Labute approximate surface area is 138 Å². The van der Waals surface area contributed by atoms with Crippen LogP contribution in [0.2, 0.25) is 0 Å². The highest BCUT2D eigenvalue weighted by Crippen LogP contribution is 2.42. The maximum absolute atomic E-state index is 5.97. The van der Waals surface area contributed by atoms with Crippen LogP contribution >= 0.6 is 27.3 Å². The molecule has 110 valence electrons. The lowest BCUT2D eigenvalue weighted by atomic mass is 9.99. The van der Waals surface area contributed by atoms with Gasteiger partial charge in [-0.2, -0.15) is 0 Å². The fourth-order valence-corrected chi connectivity index (χ4v) is 5.39. The first-order valence-electron chi connectivity index (χ1n) is 7.59. The lowest BCUT2D eigenvalue weighted by Crippen LogP contribution is -2.24. The van der Waals surface area contributed by atoms with Gasteiger partial charge in [-0.3, -0.25) is 0 Å². The minimum Gasteiger partial charge on any atom is -0.487 e. The van der Waals surface area contributed by atoms with Crippen molar-refractivity contribution < 1.29 is 4.74 Å². The van der Waals surface area contributed by atoms with Gasteiger partial charge in [0.1, 0.15) is 11.4 Å². The van der Waals surface area contributed by atoms with E-state index >= 15 is 0 Å². The van der Waals surface area contributed by atoms with E-state index in [-0.39, 0.29) is 5.60 Å². The van der Waals surface area contributed by atoms with Crippen LogP contribution in [-0.4, -0.2) is 5.60 Å². The molecule has 2 aliphatic rings. The van der Waals surface area contributed by atoms with E-state index < -0.39 is 0 Å². The molecule has 0 amide bonds. The first kappa shape index (κ1) is 13.8. The van der Waals surface area contributed by atoms with Crippen LogP contribution in [-0.2, 0) is 19.3 Å². The molecule has 1 unspecified atom stereocenters. The highest BCUT2D eigenvalue weighted by Gasteiger charge is 2.30. The fourth-order valence-electron chi connectivity index (χ4n) is 3.43. The molecule has 2 aromatic rings. The second kappa shape index (κ2) is 4.85. The predicted molar refractivity (Wildman–Crippen MR) is 92.0 cm³/mol. The average Bonchev–Trinajstić information content (AvgIpc) is 3.06. The van der Waals surface area contributed by atoms with Gasteiger partial charge in [0, 0.05) is 16.2 Å². The van der Waals surface area contributed by atoms with Crippen LogP contribution in [0.4, 0.5) is 0 Å². The normalized spacial score (nSPS) is 20.0. The Morgan fingerprint density at radius 3 is 2.86 bits per heavy atom. The monoisotopic (exact) mass is 362 g/mol. The zero-order chi connectivity index (χ0) is 14.6. The molecule has 21 heavy (non-hydrogen) atoms. The molecule has 1 nitrogen and oxygen atoms in total. The molecule has 1 aromatic heterocycles. The maximum Gasteiger partial charge on any atom is 0.123 e. The lowest BCUT2D eigenvalue weighted by molar-refractivity contribution is 0.138. The fraction of sp³-hybridized carbons (Fsp3) is 0.444. The van der Waals surface area contributed by atoms with Gasteiger partial charge in [-0.25, -0.2) is 0 Å². The largest absolute Gasteiger partial charge is 0.487 e. The second-order valence-electron chi connectivity index (χ2n) is 6.72. The van der Waals surface area contributed by atoms with Gasteiger partial charge in [0.2, 0.25) is 0 Å². The molecule has 1 aliphatic carbocycles. The number of benzene rings is 1. The van der Waals surface area contributed by atoms with Gasteiger partial charge in [0.15, 0.2) is 0 Å². The summed E-state index contributed by atoms with van der Waals surface area (Å²) in [6.07, 6.45) is 4.86. The van der Waals surface area contributed by atoms with Crippen LogP contribution < -0.4 is 4.74 Å². The quantitative estimate of drug-likeness (QED) is 0.646. The van der Waals surface area contributed by atoms with Crippen molar-refractivity contribution in [2.75, 3.05) is 0 Å². The van der Waals surface area contributed by atoms with Crippen LogP contribution in [0.25, 0.3) is 0 Å². The zero-order valence-electron chi connectivity index (χ0n) is 12.4. The summed E-state index contributed by atoms with van der Waals surface area (Å²) in [5, 5.41) is 0.